The van der Waals surface area contributed by atoms with Crippen molar-refractivity contribution < 1.29 is 9.53 Å². The molecule has 1 aromatic carbocycles. The Hall–Kier alpha value is -1.63. The molecule has 0 radical (unpaired) electrons. The monoisotopic (exact) mass is 362 g/mol. The van der Waals surface area contributed by atoms with Crippen LogP contribution in [0.4, 0.5) is 5.95 Å². The molecule has 1 atom stereocenters. The maximum absolute atomic E-state index is 12.5. The first kappa shape index (κ1) is 16.8. The summed E-state index contributed by atoms with van der Waals surface area (Å²) in [5.74, 6) is 1.14. The molecule has 6 nitrogen and oxygen atoms in total. The molecule has 0 saturated carbocycles. The molecule has 2 aromatic rings. The number of nitrogens with zero attached hydrogens (tertiary/aromatic N) is 2. The molecule has 1 amide bonds. The van der Waals surface area contributed by atoms with Crippen molar-refractivity contribution in [3.63, 3.8) is 0 Å². The van der Waals surface area contributed by atoms with Crippen molar-refractivity contribution in [2.75, 3.05) is 25.1 Å². The molecule has 134 valence electrons. The van der Waals surface area contributed by atoms with E-state index in [1.807, 2.05) is 18.2 Å². The molecule has 0 bridgehead atoms. The molecule has 2 N–H and O–H groups in total. The molecule has 0 aliphatic carbocycles. The maximum atomic E-state index is 12.5. The quantitative estimate of drug-likeness (QED) is 0.877. The van der Waals surface area contributed by atoms with Gasteiger partial charge in [-0.1, -0.05) is 11.6 Å². The molecule has 25 heavy (non-hydrogen) atoms. The van der Waals surface area contributed by atoms with E-state index in [0.717, 1.165) is 63.0 Å². The number of imidazole rings is 1. The molecule has 1 aromatic heterocycles. The lowest BCUT2D eigenvalue weighted by molar-refractivity contribution is -0.117. The van der Waals surface area contributed by atoms with E-state index in [1.165, 1.54) is 0 Å². The summed E-state index contributed by atoms with van der Waals surface area (Å²) in [5, 5.41) is 6.91. The number of hydrogen-bond acceptors (Lipinski definition) is 4. The van der Waals surface area contributed by atoms with Gasteiger partial charge in [-0.15, -0.1) is 0 Å². The van der Waals surface area contributed by atoms with Crippen molar-refractivity contribution in [3.8, 4) is 0 Å². The van der Waals surface area contributed by atoms with Crippen LogP contribution in [0.5, 0.6) is 0 Å². The Kier molecular flexibility index (Phi) is 4.92. The van der Waals surface area contributed by atoms with Crippen LogP contribution in [0, 0.1) is 5.92 Å². The lowest BCUT2D eigenvalue weighted by Gasteiger charge is -2.23. The minimum Gasteiger partial charge on any atom is -0.381 e. The second-order valence-corrected chi connectivity index (χ2v) is 7.31. The van der Waals surface area contributed by atoms with Crippen molar-refractivity contribution in [3.05, 3.63) is 23.2 Å². The third-order valence-corrected chi connectivity index (χ3v) is 5.34. The fourth-order valence-electron chi connectivity index (χ4n) is 3.68. The van der Waals surface area contributed by atoms with Crippen LogP contribution in [0.2, 0.25) is 5.02 Å². The molecule has 2 aliphatic rings. The fraction of sp³-hybridized carbons (Fsp3) is 0.556. The molecule has 2 saturated heterocycles. The normalized spacial score (nSPS) is 21.7. The second kappa shape index (κ2) is 7.32. The minimum atomic E-state index is -0.125. The zero-order chi connectivity index (χ0) is 17.2. The number of nitrogens with one attached hydrogen (secondary N) is 2. The van der Waals surface area contributed by atoms with Gasteiger partial charge in [-0.2, -0.15) is 0 Å². The summed E-state index contributed by atoms with van der Waals surface area (Å²) in [6.45, 7) is 3.33. The predicted molar refractivity (Wildman–Crippen MR) is 97.9 cm³/mol. The SMILES string of the molecule is O=C(Nc1nc2cc(Cl)ccc2n1CC1CCOCC1)[C@@H]1CCCN1. The summed E-state index contributed by atoms with van der Waals surface area (Å²) in [4.78, 5) is 17.2. The van der Waals surface area contributed by atoms with E-state index >= 15 is 0 Å². The van der Waals surface area contributed by atoms with Crippen molar-refractivity contribution in [2.24, 2.45) is 5.92 Å². The highest BCUT2D eigenvalue weighted by Crippen LogP contribution is 2.27. The largest absolute Gasteiger partial charge is 0.381 e. The fourth-order valence-corrected chi connectivity index (χ4v) is 3.84. The van der Waals surface area contributed by atoms with E-state index in [-0.39, 0.29) is 11.9 Å². The first-order valence-corrected chi connectivity index (χ1v) is 9.36. The average molecular weight is 363 g/mol. The van der Waals surface area contributed by atoms with E-state index in [4.69, 9.17) is 16.3 Å². The van der Waals surface area contributed by atoms with Gasteiger partial charge in [0.1, 0.15) is 0 Å². The highest BCUT2D eigenvalue weighted by molar-refractivity contribution is 6.31. The zero-order valence-electron chi connectivity index (χ0n) is 14.1. The number of hydrogen-bond donors (Lipinski definition) is 2. The van der Waals surface area contributed by atoms with E-state index < -0.39 is 0 Å². The Bertz CT molecular complexity index is 764. The minimum absolute atomic E-state index is 0.00729. The number of carbonyl (C=O) groups excluding carboxylic acids is 1. The van der Waals surface area contributed by atoms with Gasteiger partial charge in [-0.3, -0.25) is 10.1 Å². The third-order valence-electron chi connectivity index (χ3n) is 5.10. The highest BCUT2D eigenvalue weighted by Gasteiger charge is 2.25. The first-order chi connectivity index (χ1) is 12.2. The summed E-state index contributed by atoms with van der Waals surface area (Å²) in [6, 6.07) is 5.57. The first-order valence-electron chi connectivity index (χ1n) is 8.98. The van der Waals surface area contributed by atoms with Gasteiger partial charge in [0.2, 0.25) is 11.9 Å². The number of ether oxygens (including phenoxy) is 1. The maximum Gasteiger partial charge on any atom is 0.243 e. The van der Waals surface area contributed by atoms with Gasteiger partial charge >= 0.3 is 0 Å². The number of halogens is 1. The van der Waals surface area contributed by atoms with Crippen LogP contribution in [0.1, 0.15) is 25.7 Å². The van der Waals surface area contributed by atoms with Crippen LogP contribution in [-0.4, -0.2) is 41.3 Å². The Morgan fingerprint density at radius 3 is 2.96 bits per heavy atom. The van der Waals surface area contributed by atoms with E-state index in [9.17, 15) is 4.79 Å². The van der Waals surface area contributed by atoms with Gasteiger partial charge in [-0.25, -0.2) is 4.98 Å². The number of fused-ring (bicyclic) bond motifs is 1. The zero-order valence-corrected chi connectivity index (χ0v) is 14.9. The summed E-state index contributed by atoms with van der Waals surface area (Å²) in [5.41, 5.74) is 1.82. The smallest absolute Gasteiger partial charge is 0.243 e. The molecule has 7 heteroatoms. The summed E-state index contributed by atoms with van der Waals surface area (Å²) in [6.07, 6.45) is 3.97. The van der Waals surface area contributed by atoms with Crippen LogP contribution >= 0.6 is 11.6 Å². The van der Waals surface area contributed by atoms with Crippen molar-refractivity contribution >= 4 is 34.5 Å². The van der Waals surface area contributed by atoms with Gasteiger partial charge in [0.15, 0.2) is 0 Å². The molecular weight excluding hydrogens is 340 g/mol. The molecule has 2 fully saturated rings. The lowest BCUT2D eigenvalue weighted by atomic mass is 10.0. The predicted octanol–water partition coefficient (Wildman–Crippen LogP) is 2.81. The van der Waals surface area contributed by atoms with Crippen LogP contribution in [-0.2, 0) is 16.1 Å². The van der Waals surface area contributed by atoms with Crippen LogP contribution < -0.4 is 10.6 Å². The van der Waals surface area contributed by atoms with Crippen LogP contribution in [0.25, 0.3) is 11.0 Å². The number of anilines is 1. The topological polar surface area (TPSA) is 68.2 Å². The number of aromatic nitrogens is 2. The molecule has 0 unspecified atom stereocenters. The summed E-state index contributed by atoms with van der Waals surface area (Å²) >= 11 is 6.12. The van der Waals surface area contributed by atoms with Gasteiger partial charge < -0.3 is 14.6 Å². The second-order valence-electron chi connectivity index (χ2n) is 6.87. The van der Waals surface area contributed by atoms with Gasteiger partial charge in [0, 0.05) is 24.8 Å². The number of amides is 1. The molecule has 0 spiro atoms. The Labute approximate surface area is 151 Å². The Morgan fingerprint density at radius 2 is 2.20 bits per heavy atom. The van der Waals surface area contributed by atoms with E-state index in [1.54, 1.807) is 0 Å². The van der Waals surface area contributed by atoms with Gasteiger partial charge in [0.05, 0.1) is 17.1 Å². The highest BCUT2D eigenvalue weighted by atomic mass is 35.5. The average Bonchev–Trinajstić information content (AvgIpc) is 3.25. The lowest BCUT2D eigenvalue weighted by Crippen LogP contribution is -2.36. The van der Waals surface area contributed by atoms with Crippen molar-refractivity contribution in [2.45, 2.75) is 38.3 Å². The van der Waals surface area contributed by atoms with Gasteiger partial charge in [-0.05, 0) is 56.3 Å². The van der Waals surface area contributed by atoms with Crippen LogP contribution in [0.15, 0.2) is 18.2 Å². The molecule has 2 aliphatic heterocycles. The third kappa shape index (κ3) is 3.66. The van der Waals surface area contributed by atoms with E-state index in [2.05, 4.69) is 20.2 Å². The van der Waals surface area contributed by atoms with Crippen LogP contribution in [0.3, 0.4) is 0 Å². The molecular formula is C18H23ClN4O2. The Balaban J connectivity index is 1.63. The van der Waals surface area contributed by atoms with Crippen molar-refractivity contribution in [1.82, 2.24) is 14.9 Å². The van der Waals surface area contributed by atoms with E-state index in [0.29, 0.717) is 16.9 Å². The number of carbonyl (C=O) groups is 1. The molecule has 4 rings (SSSR count). The summed E-state index contributed by atoms with van der Waals surface area (Å²) in [7, 11) is 0. The summed E-state index contributed by atoms with van der Waals surface area (Å²) < 4.78 is 7.58. The Morgan fingerprint density at radius 1 is 1.36 bits per heavy atom. The number of rotatable bonds is 4. The standard InChI is InChI=1S/C18H23ClN4O2/c19-13-3-4-16-15(10-13)21-18(22-17(24)14-2-1-7-20-14)23(16)11-12-5-8-25-9-6-12/h3-4,10,12,14,20H,1-2,5-9,11H2,(H,21,22,24)/t14-/m0/s1. The number of benzene rings is 1. The molecule has 3 heterocycles. The van der Waals surface area contributed by atoms with Gasteiger partial charge in [0.25, 0.3) is 0 Å². The van der Waals surface area contributed by atoms with Crippen molar-refractivity contribution in [1.29, 1.82) is 0 Å².